The molecule has 1 amide bonds. The van der Waals surface area contributed by atoms with Gasteiger partial charge in [-0.25, -0.2) is 0 Å². The predicted octanol–water partition coefficient (Wildman–Crippen LogP) is 2.70. The maximum Gasteiger partial charge on any atom is 0.261 e. The normalized spacial score (nSPS) is 20.1. The molecule has 1 atom stereocenters. The molecule has 0 aromatic carbocycles. The van der Waals surface area contributed by atoms with Crippen LogP contribution in [-0.4, -0.2) is 37.0 Å². The van der Waals surface area contributed by atoms with E-state index < -0.39 is 0 Å². The van der Waals surface area contributed by atoms with Gasteiger partial charge >= 0.3 is 0 Å². The summed E-state index contributed by atoms with van der Waals surface area (Å²) in [5.74, 6) is 0.654. The highest BCUT2D eigenvalue weighted by atomic mass is 32.1. The molecule has 3 nitrogen and oxygen atoms in total. The van der Waals surface area contributed by atoms with Crippen molar-refractivity contribution in [3.05, 3.63) is 21.4 Å². The average molecular weight is 292 g/mol. The van der Waals surface area contributed by atoms with Crippen LogP contribution in [-0.2, 0) is 12.8 Å². The third-order valence-electron chi connectivity index (χ3n) is 4.35. The van der Waals surface area contributed by atoms with Crippen LogP contribution in [0, 0.1) is 5.92 Å². The number of carbonyl (C=O) groups is 1. The van der Waals surface area contributed by atoms with Crippen LogP contribution >= 0.6 is 11.3 Å². The van der Waals surface area contributed by atoms with Crippen LogP contribution in [0.1, 0.15) is 46.3 Å². The van der Waals surface area contributed by atoms with Gasteiger partial charge in [0.05, 0.1) is 4.88 Å². The Morgan fingerprint density at radius 2 is 2.15 bits per heavy atom. The number of thiophene rings is 1. The van der Waals surface area contributed by atoms with E-state index in [1.165, 1.54) is 49.2 Å². The third kappa shape index (κ3) is 3.23. The largest absolute Gasteiger partial charge is 0.351 e. The van der Waals surface area contributed by atoms with Crippen LogP contribution in [0.2, 0.25) is 0 Å². The molecule has 1 saturated heterocycles. The smallest absolute Gasteiger partial charge is 0.261 e. The van der Waals surface area contributed by atoms with Crippen molar-refractivity contribution in [2.75, 3.05) is 26.2 Å². The van der Waals surface area contributed by atoms with Gasteiger partial charge in [-0.05, 0) is 62.7 Å². The zero-order valence-electron chi connectivity index (χ0n) is 12.3. The average Bonchev–Trinajstić information content (AvgIpc) is 3.11. The van der Waals surface area contributed by atoms with E-state index >= 15 is 0 Å². The summed E-state index contributed by atoms with van der Waals surface area (Å²) in [6, 6.07) is 2.10. The van der Waals surface area contributed by atoms with Gasteiger partial charge in [0.2, 0.25) is 0 Å². The third-order valence-corrected chi connectivity index (χ3v) is 5.59. The van der Waals surface area contributed by atoms with Crippen molar-refractivity contribution in [3.63, 3.8) is 0 Å². The fourth-order valence-corrected chi connectivity index (χ4v) is 4.44. The van der Waals surface area contributed by atoms with E-state index in [9.17, 15) is 4.79 Å². The van der Waals surface area contributed by atoms with Gasteiger partial charge < -0.3 is 10.2 Å². The minimum atomic E-state index is 0.123. The van der Waals surface area contributed by atoms with E-state index in [4.69, 9.17) is 0 Å². The first-order chi connectivity index (χ1) is 9.72. The molecule has 0 saturated carbocycles. The molecule has 110 valence electrons. The minimum absolute atomic E-state index is 0.123. The summed E-state index contributed by atoms with van der Waals surface area (Å²) in [5.41, 5.74) is 1.41. The van der Waals surface area contributed by atoms with E-state index in [0.717, 1.165) is 24.4 Å². The highest BCUT2D eigenvalue weighted by molar-refractivity contribution is 7.14. The standard InChI is InChI=1S/C16H24N2OS/c1-12(11-18-7-2-3-8-18)10-17-16(19)15-9-13-5-4-6-14(13)20-15/h9,12H,2-8,10-11H2,1H3,(H,17,19). The number of aryl methyl sites for hydroxylation is 2. The van der Waals surface area contributed by atoms with Gasteiger partial charge in [-0.15, -0.1) is 11.3 Å². The highest BCUT2D eigenvalue weighted by Crippen LogP contribution is 2.30. The van der Waals surface area contributed by atoms with Crippen LogP contribution in [0.25, 0.3) is 0 Å². The number of amides is 1. The lowest BCUT2D eigenvalue weighted by Gasteiger charge is -2.20. The molecule has 0 radical (unpaired) electrons. The molecule has 1 aliphatic heterocycles. The second-order valence-corrected chi connectivity index (χ2v) is 7.37. The first kappa shape index (κ1) is 14.1. The lowest BCUT2D eigenvalue weighted by Crippen LogP contribution is -2.34. The zero-order chi connectivity index (χ0) is 13.9. The maximum atomic E-state index is 12.2. The maximum absolute atomic E-state index is 12.2. The molecule has 2 heterocycles. The molecule has 3 rings (SSSR count). The van der Waals surface area contributed by atoms with Gasteiger partial charge in [-0.1, -0.05) is 6.92 Å². The number of carbonyl (C=O) groups excluding carboxylic acids is 1. The molecular weight excluding hydrogens is 268 g/mol. The number of nitrogens with one attached hydrogen (secondary N) is 1. The number of nitrogens with zero attached hydrogens (tertiary/aromatic N) is 1. The molecule has 1 unspecified atom stereocenters. The lowest BCUT2D eigenvalue weighted by molar-refractivity contribution is 0.0949. The summed E-state index contributed by atoms with van der Waals surface area (Å²) in [7, 11) is 0. The number of fused-ring (bicyclic) bond motifs is 1. The number of rotatable bonds is 5. The molecule has 1 aliphatic carbocycles. The van der Waals surface area contributed by atoms with Gasteiger partial charge in [-0.2, -0.15) is 0 Å². The fourth-order valence-electron chi connectivity index (χ4n) is 3.27. The topological polar surface area (TPSA) is 32.3 Å². The first-order valence-electron chi connectivity index (χ1n) is 7.84. The summed E-state index contributed by atoms with van der Waals surface area (Å²) in [6.45, 7) is 6.60. The molecule has 0 bridgehead atoms. The SMILES string of the molecule is CC(CNC(=O)c1cc2c(s1)CCC2)CN1CCCC1. The Hall–Kier alpha value is -0.870. The van der Waals surface area contributed by atoms with Crippen LogP contribution in [0.5, 0.6) is 0 Å². The Morgan fingerprint density at radius 3 is 2.90 bits per heavy atom. The van der Waals surface area contributed by atoms with Gasteiger partial charge in [0.1, 0.15) is 0 Å². The molecule has 2 aliphatic rings. The lowest BCUT2D eigenvalue weighted by atomic mass is 10.1. The molecule has 1 aromatic rings. The summed E-state index contributed by atoms with van der Waals surface area (Å²) >= 11 is 1.69. The Kier molecular flexibility index (Phi) is 4.41. The molecule has 20 heavy (non-hydrogen) atoms. The molecular formula is C16H24N2OS. The van der Waals surface area contributed by atoms with Crippen molar-refractivity contribution in [2.45, 2.75) is 39.0 Å². The number of hydrogen-bond donors (Lipinski definition) is 1. The van der Waals surface area contributed by atoms with Gasteiger partial charge in [0.15, 0.2) is 0 Å². The monoisotopic (exact) mass is 292 g/mol. The fraction of sp³-hybridized carbons (Fsp3) is 0.688. The van der Waals surface area contributed by atoms with E-state index in [1.54, 1.807) is 11.3 Å². The molecule has 1 fully saturated rings. The van der Waals surface area contributed by atoms with E-state index in [2.05, 4.69) is 23.2 Å². The minimum Gasteiger partial charge on any atom is -0.351 e. The van der Waals surface area contributed by atoms with Gasteiger partial charge in [0, 0.05) is 18.0 Å². The van der Waals surface area contributed by atoms with Crippen molar-refractivity contribution in [2.24, 2.45) is 5.92 Å². The predicted molar refractivity (Wildman–Crippen MR) is 83.5 cm³/mol. The Morgan fingerprint density at radius 1 is 1.35 bits per heavy atom. The Balaban J connectivity index is 1.46. The van der Waals surface area contributed by atoms with Crippen LogP contribution in [0.15, 0.2) is 6.07 Å². The zero-order valence-corrected chi connectivity index (χ0v) is 13.1. The van der Waals surface area contributed by atoms with Crippen molar-refractivity contribution in [1.29, 1.82) is 0 Å². The highest BCUT2D eigenvalue weighted by Gasteiger charge is 2.19. The summed E-state index contributed by atoms with van der Waals surface area (Å²) in [6.07, 6.45) is 6.25. The van der Waals surface area contributed by atoms with Crippen LogP contribution in [0.3, 0.4) is 0 Å². The van der Waals surface area contributed by atoms with Crippen molar-refractivity contribution in [1.82, 2.24) is 10.2 Å². The molecule has 1 aromatic heterocycles. The Bertz CT molecular complexity index is 455. The van der Waals surface area contributed by atoms with Crippen LogP contribution < -0.4 is 5.32 Å². The first-order valence-corrected chi connectivity index (χ1v) is 8.66. The van der Waals surface area contributed by atoms with Gasteiger partial charge in [-0.3, -0.25) is 4.79 Å². The second kappa shape index (κ2) is 6.27. The van der Waals surface area contributed by atoms with Crippen molar-refractivity contribution in [3.8, 4) is 0 Å². The number of hydrogen-bond acceptors (Lipinski definition) is 3. The summed E-state index contributed by atoms with van der Waals surface area (Å²) in [4.78, 5) is 17.0. The Labute approximate surface area is 125 Å². The summed E-state index contributed by atoms with van der Waals surface area (Å²) < 4.78 is 0. The molecule has 1 N–H and O–H groups in total. The number of likely N-dealkylation sites (tertiary alicyclic amines) is 1. The van der Waals surface area contributed by atoms with E-state index in [-0.39, 0.29) is 5.91 Å². The summed E-state index contributed by atoms with van der Waals surface area (Å²) in [5, 5.41) is 3.11. The molecule has 4 heteroatoms. The van der Waals surface area contributed by atoms with E-state index in [0.29, 0.717) is 5.92 Å². The van der Waals surface area contributed by atoms with Gasteiger partial charge in [0.25, 0.3) is 5.91 Å². The quantitative estimate of drug-likeness (QED) is 0.905. The second-order valence-electron chi connectivity index (χ2n) is 6.24. The van der Waals surface area contributed by atoms with E-state index in [1.807, 2.05) is 0 Å². The van der Waals surface area contributed by atoms with Crippen LogP contribution in [0.4, 0.5) is 0 Å². The molecule has 0 spiro atoms. The van der Waals surface area contributed by atoms with Crippen molar-refractivity contribution >= 4 is 17.2 Å². The van der Waals surface area contributed by atoms with Crippen molar-refractivity contribution < 1.29 is 4.79 Å².